The predicted molar refractivity (Wildman–Crippen MR) is 96.9 cm³/mol. The highest BCUT2D eigenvalue weighted by molar-refractivity contribution is 5.81. The van der Waals surface area contributed by atoms with E-state index in [0.29, 0.717) is 23.1 Å². The fraction of sp³-hybridized carbons (Fsp3) is 0.111. The molecular formula is C18H15FN6O2. The van der Waals surface area contributed by atoms with Crippen molar-refractivity contribution in [3.05, 3.63) is 71.2 Å². The van der Waals surface area contributed by atoms with Gasteiger partial charge in [-0.1, -0.05) is 18.2 Å². The summed E-state index contributed by atoms with van der Waals surface area (Å²) in [4.78, 5) is 12.6. The Hall–Kier alpha value is -3.59. The summed E-state index contributed by atoms with van der Waals surface area (Å²) in [6.07, 6.45) is 1.81. The molecule has 136 valence electrons. The summed E-state index contributed by atoms with van der Waals surface area (Å²) in [7, 11) is 0. The number of hydrogen-bond donors (Lipinski definition) is 1. The van der Waals surface area contributed by atoms with Crippen LogP contribution in [0.1, 0.15) is 0 Å². The number of halogens is 1. The Morgan fingerprint density at radius 3 is 2.78 bits per heavy atom. The van der Waals surface area contributed by atoms with Gasteiger partial charge in [0.15, 0.2) is 0 Å². The summed E-state index contributed by atoms with van der Waals surface area (Å²) in [5.41, 5.74) is 9.10. The maximum Gasteiger partial charge on any atom is 0.350 e. The van der Waals surface area contributed by atoms with Gasteiger partial charge in [0.2, 0.25) is 0 Å². The number of rotatable bonds is 5. The number of nitrogens with two attached hydrogens (primary N) is 1. The third kappa shape index (κ3) is 3.15. The lowest BCUT2D eigenvalue weighted by Gasteiger charge is -2.06. The second-order valence-electron chi connectivity index (χ2n) is 5.93. The Bertz CT molecular complexity index is 1190. The third-order valence-electron chi connectivity index (χ3n) is 4.21. The van der Waals surface area contributed by atoms with Gasteiger partial charge in [-0.05, 0) is 51.3 Å². The highest BCUT2D eigenvalue weighted by atomic mass is 19.1. The Kier molecular flexibility index (Phi) is 4.35. The van der Waals surface area contributed by atoms with E-state index in [1.807, 2.05) is 36.4 Å². The van der Waals surface area contributed by atoms with Crippen molar-refractivity contribution in [2.24, 2.45) is 5.73 Å². The highest BCUT2D eigenvalue weighted by Gasteiger charge is 2.10. The van der Waals surface area contributed by atoms with Crippen molar-refractivity contribution in [1.82, 2.24) is 24.7 Å². The molecule has 8 nitrogen and oxygen atoms in total. The maximum absolute atomic E-state index is 12.7. The molecule has 0 radical (unpaired) electrons. The molecule has 2 heterocycles. The molecule has 2 aromatic heterocycles. The van der Waals surface area contributed by atoms with E-state index < -0.39 is 0 Å². The highest BCUT2D eigenvalue weighted by Crippen LogP contribution is 2.24. The maximum atomic E-state index is 12.7. The van der Waals surface area contributed by atoms with Crippen molar-refractivity contribution in [1.29, 1.82) is 0 Å². The van der Waals surface area contributed by atoms with Gasteiger partial charge in [-0.2, -0.15) is 5.10 Å². The Balaban J connectivity index is 1.70. The van der Waals surface area contributed by atoms with Crippen LogP contribution in [0.4, 0.5) is 4.39 Å². The van der Waals surface area contributed by atoms with E-state index in [1.54, 1.807) is 6.07 Å². The number of aromatic nitrogens is 5. The first kappa shape index (κ1) is 16.9. The van der Waals surface area contributed by atoms with E-state index in [-0.39, 0.29) is 24.4 Å². The van der Waals surface area contributed by atoms with Gasteiger partial charge in [0.1, 0.15) is 17.4 Å². The molecule has 0 fully saturated rings. The number of fused-ring (bicyclic) bond motifs is 1. The number of benzene rings is 2. The van der Waals surface area contributed by atoms with Crippen molar-refractivity contribution in [2.45, 2.75) is 6.54 Å². The standard InChI is InChI=1S/C18H15FN6O2/c19-8-12(9-20)10-25-18(26)24(11-21-25)15-3-1-2-13(6-15)14-4-5-16-17(7-14)23-27-22-16/h1-8,11H,9-10,20H2/b12-8+. The molecule has 0 aliphatic carbocycles. The zero-order valence-corrected chi connectivity index (χ0v) is 14.1. The molecule has 2 N–H and O–H groups in total. The second kappa shape index (κ2) is 6.96. The van der Waals surface area contributed by atoms with Gasteiger partial charge < -0.3 is 5.73 Å². The Morgan fingerprint density at radius 1 is 1.15 bits per heavy atom. The van der Waals surface area contributed by atoms with Crippen molar-refractivity contribution in [3.63, 3.8) is 0 Å². The third-order valence-corrected chi connectivity index (χ3v) is 4.21. The predicted octanol–water partition coefficient (Wildman–Crippen LogP) is 2.05. The topological polar surface area (TPSA) is 105 Å². The van der Waals surface area contributed by atoms with Gasteiger partial charge in [-0.15, -0.1) is 0 Å². The van der Waals surface area contributed by atoms with E-state index in [4.69, 9.17) is 10.4 Å². The minimum Gasteiger partial charge on any atom is -0.327 e. The fourth-order valence-electron chi connectivity index (χ4n) is 2.76. The van der Waals surface area contributed by atoms with E-state index in [1.165, 1.54) is 10.9 Å². The summed E-state index contributed by atoms with van der Waals surface area (Å²) in [5.74, 6) is 0. The quantitative estimate of drug-likeness (QED) is 0.580. The van der Waals surface area contributed by atoms with E-state index in [2.05, 4.69) is 15.4 Å². The van der Waals surface area contributed by atoms with Crippen LogP contribution in [0.15, 0.2) is 70.1 Å². The Morgan fingerprint density at radius 2 is 1.96 bits per heavy atom. The van der Waals surface area contributed by atoms with E-state index >= 15 is 0 Å². The molecular weight excluding hydrogens is 351 g/mol. The molecule has 0 spiro atoms. The van der Waals surface area contributed by atoms with Gasteiger partial charge >= 0.3 is 5.69 Å². The van der Waals surface area contributed by atoms with E-state index in [0.717, 1.165) is 15.8 Å². The van der Waals surface area contributed by atoms with Gasteiger partial charge in [-0.3, -0.25) is 0 Å². The molecule has 9 heteroatoms. The molecule has 0 unspecified atom stereocenters. The largest absolute Gasteiger partial charge is 0.350 e. The minimum absolute atomic E-state index is 0.00828. The molecule has 4 rings (SSSR count). The van der Waals surface area contributed by atoms with Gasteiger partial charge in [-0.25, -0.2) is 23.1 Å². The van der Waals surface area contributed by atoms with Crippen molar-refractivity contribution < 1.29 is 9.02 Å². The van der Waals surface area contributed by atoms with Crippen molar-refractivity contribution >= 4 is 11.0 Å². The van der Waals surface area contributed by atoms with Crippen LogP contribution in [-0.2, 0) is 6.54 Å². The minimum atomic E-state index is -0.379. The number of hydrogen-bond acceptors (Lipinski definition) is 6. The Labute approximate surface area is 152 Å². The normalized spacial score (nSPS) is 12.0. The van der Waals surface area contributed by atoms with Crippen LogP contribution in [0.3, 0.4) is 0 Å². The summed E-state index contributed by atoms with van der Waals surface area (Å²) in [5, 5.41) is 11.7. The molecule has 0 saturated heterocycles. The van der Waals surface area contributed by atoms with Crippen molar-refractivity contribution in [2.75, 3.05) is 6.54 Å². The van der Waals surface area contributed by atoms with Crippen LogP contribution in [-0.4, -0.2) is 31.2 Å². The van der Waals surface area contributed by atoms with Crippen LogP contribution in [0.2, 0.25) is 0 Å². The van der Waals surface area contributed by atoms with Crippen LogP contribution in [0.25, 0.3) is 27.8 Å². The molecule has 0 saturated carbocycles. The molecule has 4 aromatic rings. The first-order valence-corrected chi connectivity index (χ1v) is 8.15. The molecule has 2 aromatic carbocycles. The van der Waals surface area contributed by atoms with Crippen LogP contribution >= 0.6 is 0 Å². The monoisotopic (exact) mass is 366 g/mol. The average molecular weight is 366 g/mol. The molecule has 0 atom stereocenters. The average Bonchev–Trinajstić information content (AvgIpc) is 3.32. The lowest BCUT2D eigenvalue weighted by Crippen LogP contribution is -2.25. The first-order chi connectivity index (χ1) is 13.2. The summed E-state index contributed by atoms with van der Waals surface area (Å²) < 4.78 is 20.0. The summed E-state index contributed by atoms with van der Waals surface area (Å²) in [6.45, 7) is 0.0268. The smallest absolute Gasteiger partial charge is 0.327 e. The molecule has 0 aliphatic rings. The lowest BCUT2D eigenvalue weighted by molar-refractivity contribution is 0.315. The van der Waals surface area contributed by atoms with Crippen LogP contribution < -0.4 is 11.4 Å². The van der Waals surface area contributed by atoms with Crippen LogP contribution in [0.5, 0.6) is 0 Å². The summed E-state index contributed by atoms with van der Waals surface area (Å²) >= 11 is 0. The van der Waals surface area contributed by atoms with Gasteiger partial charge in [0, 0.05) is 6.54 Å². The lowest BCUT2D eigenvalue weighted by atomic mass is 10.0. The zero-order valence-electron chi connectivity index (χ0n) is 14.1. The molecule has 27 heavy (non-hydrogen) atoms. The van der Waals surface area contributed by atoms with Gasteiger partial charge in [0.05, 0.1) is 18.6 Å². The van der Waals surface area contributed by atoms with Crippen molar-refractivity contribution in [3.8, 4) is 16.8 Å². The zero-order chi connectivity index (χ0) is 18.8. The molecule has 0 aliphatic heterocycles. The van der Waals surface area contributed by atoms with Gasteiger partial charge in [0.25, 0.3) is 0 Å². The second-order valence-corrected chi connectivity index (χ2v) is 5.93. The molecule has 0 bridgehead atoms. The SMILES string of the molecule is NC/C(=C\F)Cn1ncn(-c2cccc(-c3ccc4nonc4c3)c2)c1=O. The first-order valence-electron chi connectivity index (χ1n) is 8.15. The van der Waals surface area contributed by atoms with Crippen LogP contribution in [0, 0.1) is 0 Å². The fourth-order valence-corrected chi connectivity index (χ4v) is 2.76. The number of nitrogens with zero attached hydrogens (tertiary/aromatic N) is 5. The van der Waals surface area contributed by atoms with E-state index in [9.17, 15) is 9.18 Å². The molecule has 0 amide bonds. The summed E-state index contributed by atoms with van der Waals surface area (Å²) in [6, 6.07) is 13.0.